The van der Waals surface area contributed by atoms with E-state index in [4.69, 9.17) is 9.84 Å². The van der Waals surface area contributed by atoms with Gasteiger partial charge < -0.3 is 9.84 Å². The van der Waals surface area contributed by atoms with E-state index in [9.17, 15) is 13.2 Å². The lowest BCUT2D eigenvalue weighted by molar-refractivity contribution is -0.138. The Morgan fingerprint density at radius 2 is 1.60 bits per heavy atom. The Morgan fingerprint density at radius 1 is 1.00 bits per heavy atom. The number of nitrogens with one attached hydrogen (secondary N) is 1. The van der Waals surface area contributed by atoms with Crippen LogP contribution >= 0.6 is 0 Å². The number of benzene rings is 3. The highest BCUT2D eigenvalue weighted by Crippen LogP contribution is 2.29. The normalized spacial score (nSPS) is 15.8. The zero-order valence-electron chi connectivity index (χ0n) is 19.7. The van der Waals surface area contributed by atoms with E-state index in [-0.39, 0.29) is 5.92 Å². The highest BCUT2D eigenvalue weighted by Gasteiger charge is 2.30. The van der Waals surface area contributed by atoms with E-state index in [2.05, 4.69) is 34.8 Å². The molecule has 182 valence electrons. The predicted octanol–water partition coefficient (Wildman–Crippen LogP) is 3.74. The maximum atomic E-state index is 12.4. The second-order valence-corrected chi connectivity index (χ2v) is 10.4. The van der Waals surface area contributed by atoms with Gasteiger partial charge in [-0.15, -0.1) is 0 Å². The zero-order valence-corrected chi connectivity index (χ0v) is 20.5. The average Bonchev–Trinajstić information content (AvgIpc) is 2.87. The molecule has 0 unspecified atom stereocenters. The lowest BCUT2D eigenvalue weighted by Gasteiger charge is -2.31. The van der Waals surface area contributed by atoms with Crippen molar-refractivity contribution >= 4 is 27.0 Å². The first-order valence-corrected chi connectivity index (χ1v) is 12.9. The first-order chi connectivity index (χ1) is 16.7. The Kier molecular flexibility index (Phi) is 7.41. The van der Waals surface area contributed by atoms with Gasteiger partial charge in [0.2, 0.25) is 0 Å². The van der Waals surface area contributed by atoms with Gasteiger partial charge in [0, 0.05) is 24.2 Å². The quantitative estimate of drug-likeness (QED) is 0.511. The maximum absolute atomic E-state index is 12.4. The Labute approximate surface area is 205 Å². The molecule has 1 aliphatic heterocycles. The first kappa shape index (κ1) is 24.7. The lowest BCUT2D eigenvalue weighted by atomic mass is 9.90. The summed E-state index contributed by atoms with van der Waals surface area (Å²) in [6, 6.07) is 19.0. The van der Waals surface area contributed by atoms with E-state index in [1.807, 2.05) is 42.5 Å². The van der Waals surface area contributed by atoms with Crippen molar-refractivity contribution < 1.29 is 23.1 Å². The Bertz CT molecular complexity index is 1380. The molecule has 35 heavy (non-hydrogen) atoms. The molecule has 1 atom stereocenters. The molecule has 8 heteroatoms. The third-order valence-electron chi connectivity index (χ3n) is 6.27. The number of ether oxygens (including phenoxy) is 1. The zero-order chi connectivity index (χ0) is 25.0. The molecule has 0 saturated carbocycles. The molecular weight excluding hydrogens is 464 g/mol. The first-order valence-electron chi connectivity index (χ1n) is 11.4. The molecule has 0 aromatic heterocycles. The highest BCUT2D eigenvalue weighted by molar-refractivity contribution is 7.87. The third kappa shape index (κ3) is 6.01. The number of fused-ring (bicyclic) bond motifs is 1. The number of hydrogen-bond acceptors (Lipinski definition) is 4. The fourth-order valence-electron chi connectivity index (χ4n) is 4.19. The van der Waals surface area contributed by atoms with Crippen molar-refractivity contribution in [3.05, 3.63) is 77.4 Å². The Morgan fingerprint density at radius 3 is 2.26 bits per heavy atom. The van der Waals surface area contributed by atoms with E-state index < -0.39 is 22.2 Å². The number of carbonyl (C=O) groups is 1. The van der Waals surface area contributed by atoms with Crippen molar-refractivity contribution in [2.75, 3.05) is 20.2 Å². The van der Waals surface area contributed by atoms with Crippen LogP contribution in [0.15, 0.2) is 60.7 Å². The van der Waals surface area contributed by atoms with E-state index >= 15 is 0 Å². The van der Waals surface area contributed by atoms with Crippen molar-refractivity contribution in [1.29, 1.82) is 0 Å². The number of aliphatic carboxylic acids is 1. The summed E-state index contributed by atoms with van der Waals surface area (Å²) in [5.41, 5.74) is 3.00. The van der Waals surface area contributed by atoms with Crippen molar-refractivity contribution in [3.8, 4) is 17.6 Å². The SMILES string of the molecule is COc1ccc2cc(C#Cc3ccc(C4CCN(S(=O)(=O)N[C@H](C)C(=O)O)CC4)cc3)ccc2c1. The number of methoxy groups -OCH3 is 1. The second kappa shape index (κ2) is 10.5. The van der Waals surface area contributed by atoms with Gasteiger partial charge >= 0.3 is 5.97 Å². The van der Waals surface area contributed by atoms with Gasteiger partial charge in [0.1, 0.15) is 11.8 Å². The van der Waals surface area contributed by atoms with Crippen molar-refractivity contribution in [3.63, 3.8) is 0 Å². The molecule has 1 aliphatic rings. The van der Waals surface area contributed by atoms with Crippen LogP contribution in [0.3, 0.4) is 0 Å². The molecule has 3 aromatic carbocycles. The van der Waals surface area contributed by atoms with Crippen molar-refractivity contribution in [2.45, 2.75) is 31.7 Å². The smallest absolute Gasteiger partial charge is 0.321 e. The highest BCUT2D eigenvalue weighted by atomic mass is 32.2. The number of carboxylic acid groups (broad SMARTS) is 1. The van der Waals surface area contributed by atoms with E-state index in [1.165, 1.54) is 11.2 Å². The third-order valence-corrected chi connectivity index (χ3v) is 7.97. The van der Waals surface area contributed by atoms with Gasteiger partial charge in [-0.2, -0.15) is 17.4 Å². The Hall–Kier alpha value is -3.38. The molecule has 1 saturated heterocycles. The average molecular weight is 493 g/mol. The van der Waals surface area contributed by atoms with Gasteiger partial charge in [-0.05, 0) is 78.4 Å². The van der Waals surface area contributed by atoms with Gasteiger partial charge in [0.15, 0.2) is 0 Å². The van der Waals surface area contributed by atoms with Gasteiger partial charge in [-0.3, -0.25) is 4.79 Å². The predicted molar refractivity (Wildman–Crippen MR) is 136 cm³/mol. The van der Waals surface area contributed by atoms with Crippen LogP contribution in [0.2, 0.25) is 0 Å². The summed E-state index contributed by atoms with van der Waals surface area (Å²) in [6.45, 7) is 2.01. The molecular formula is C27H28N2O5S. The Balaban J connectivity index is 1.38. The summed E-state index contributed by atoms with van der Waals surface area (Å²) in [6.07, 6.45) is 1.35. The van der Waals surface area contributed by atoms with Crippen LogP contribution in [0.4, 0.5) is 0 Å². The summed E-state index contributed by atoms with van der Waals surface area (Å²) in [5.74, 6) is 6.31. The van der Waals surface area contributed by atoms with Crippen LogP contribution in [0.5, 0.6) is 5.75 Å². The topological polar surface area (TPSA) is 95.9 Å². The molecule has 1 heterocycles. The molecule has 0 spiro atoms. The summed E-state index contributed by atoms with van der Waals surface area (Å²) in [5, 5.41) is 11.2. The summed E-state index contributed by atoms with van der Waals surface area (Å²) >= 11 is 0. The molecule has 7 nitrogen and oxygen atoms in total. The van der Waals surface area contributed by atoms with Gasteiger partial charge in [-0.1, -0.05) is 36.1 Å². The van der Waals surface area contributed by atoms with Crippen LogP contribution in [-0.2, 0) is 15.0 Å². The number of rotatable bonds is 6. The van der Waals surface area contributed by atoms with E-state index in [0.29, 0.717) is 25.9 Å². The minimum atomic E-state index is -3.81. The van der Waals surface area contributed by atoms with Crippen LogP contribution in [0, 0.1) is 11.8 Å². The summed E-state index contributed by atoms with van der Waals surface area (Å²) < 4.78 is 33.6. The van der Waals surface area contributed by atoms with Crippen LogP contribution in [0.25, 0.3) is 10.8 Å². The maximum Gasteiger partial charge on any atom is 0.321 e. The molecule has 0 aliphatic carbocycles. The van der Waals surface area contributed by atoms with E-state index in [0.717, 1.165) is 33.2 Å². The largest absolute Gasteiger partial charge is 0.497 e. The van der Waals surface area contributed by atoms with Crippen LogP contribution in [-0.4, -0.2) is 50.0 Å². The molecule has 0 radical (unpaired) electrons. The minimum absolute atomic E-state index is 0.248. The standard InChI is InChI=1S/C27H28N2O5S/c1-19(27(30)31)28-35(32,33)29-15-13-23(14-16-29)22-8-5-20(6-9-22)3-4-21-7-10-25-18-26(34-2)12-11-24(25)17-21/h5-12,17-19,23,28H,13-16H2,1-2H3,(H,30,31)/t19-/m1/s1. The summed E-state index contributed by atoms with van der Waals surface area (Å²) in [4.78, 5) is 11.0. The summed E-state index contributed by atoms with van der Waals surface area (Å²) in [7, 11) is -2.16. The molecule has 2 N–H and O–H groups in total. The molecule has 3 aromatic rings. The van der Waals surface area contributed by atoms with Gasteiger partial charge in [0.25, 0.3) is 10.2 Å². The fourth-order valence-corrected chi connectivity index (χ4v) is 5.58. The van der Waals surface area contributed by atoms with Crippen LogP contribution in [0.1, 0.15) is 42.4 Å². The van der Waals surface area contributed by atoms with Crippen LogP contribution < -0.4 is 9.46 Å². The second-order valence-electron chi connectivity index (χ2n) is 8.66. The molecule has 4 rings (SSSR count). The van der Waals surface area contributed by atoms with Crippen molar-refractivity contribution in [2.24, 2.45) is 0 Å². The minimum Gasteiger partial charge on any atom is -0.497 e. The van der Waals surface area contributed by atoms with Gasteiger partial charge in [-0.25, -0.2) is 0 Å². The van der Waals surface area contributed by atoms with Gasteiger partial charge in [0.05, 0.1) is 7.11 Å². The van der Waals surface area contributed by atoms with Crippen molar-refractivity contribution in [1.82, 2.24) is 9.03 Å². The molecule has 0 amide bonds. The molecule has 1 fully saturated rings. The lowest BCUT2D eigenvalue weighted by Crippen LogP contribution is -2.49. The monoisotopic (exact) mass is 492 g/mol. The molecule has 0 bridgehead atoms. The number of hydrogen-bond donors (Lipinski definition) is 2. The number of carboxylic acids is 1. The van der Waals surface area contributed by atoms with E-state index in [1.54, 1.807) is 7.11 Å². The number of piperidine rings is 1. The number of nitrogens with zero attached hydrogens (tertiary/aromatic N) is 1. The fraction of sp³-hybridized carbons (Fsp3) is 0.296.